The molecule has 12 heteroatoms. The molecule has 3 aromatic heterocycles. The molecule has 0 saturated carbocycles. The molecule has 0 saturated heterocycles. The van der Waals surface area contributed by atoms with E-state index in [-0.39, 0.29) is 25.7 Å². The number of H-pyrrole nitrogens is 2. The molecule has 2 aliphatic rings. The lowest BCUT2D eigenvalue weighted by Gasteiger charge is -2.06. The summed E-state index contributed by atoms with van der Waals surface area (Å²) in [6, 6.07) is 7.23. The van der Waals surface area contributed by atoms with Gasteiger partial charge < -0.3 is 25.3 Å². The minimum Gasteiger partial charge on any atom is -0.481 e. The molecule has 238 valence electrons. The van der Waals surface area contributed by atoms with Crippen LogP contribution in [0.3, 0.4) is 0 Å². The van der Waals surface area contributed by atoms with E-state index in [0.29, 0.717) is 56.0 Å². The largest absolute Gasteiger partial charge is 0.481 e. The lowest BCUT2D eigenvalue weighted by molar-refractivity contribution is -0.491. The Balaban J connectivity index is 1.93. The topological polar surface area (TPSA) is 195 Å². The van der Waals surface area contributed by atoms with Crippen LogP contribution in [0.1, 0.15) is 90.7 Å². The van der Waals surface area contributed by atoms with Crippen LogP contribution >= 0.6 is 0 Å². The molecule has 5 rings (SSSR count). The van der Waals surface area contributed by atoms with E-state index in [1.54, 1.807) is 31.2 Å². The van der Waals surface area contributed by atoms with Crippen molar-refractivity contribution >= 4 is 62.4 Å². The molecule has 5 heterocycles. The normalized spacial score (nSPS) is 13.7. The van der Waals surface area contributed by atoms with Crippen molar-refractivity contribution in [3.05, 3.63) is 86.0 Å². The number of aliphatic hydroxyl groups is 1. The lowest BCUT2D eigenvalue weighted by Crippen LogP contribution is -2.12. The summed E-state index contributed by atoms with van der Waals surface area (Å²) in [5.74, 6) is -1.89. The van der Waals surface area contributed by atoms with E-state index in [2.05, 4.69) is 16.5 Å². The fourth-order valence-corrected chi connectivity index (χ4v) is 6.17. The molecule has 0 aliphatic carbocycles. The summed E-state index contributed by atoms with van der Waals surface area (Å²) < 4.78 is 0. The van der Waals surface area contributed by atoms with E-state index in [1.165, 1.54) is 0 Å². The van der Waals surface area contributed by atoms with Gasteiger partial charge in [0.15, 0.2) is 0 Å². The van der Waals surface area contributed by atoms with Crippen molar-refractivity contribution in [2.75, 3.05) is 6.54 Å². The van der Waals surface area contributed by atoms with Crippen molar-refractivity contribution in [1.82, 2.24) is 19.9 Å². The third-order valence-corrected chi connectivity index (χ3v) is 8.67. The molecule has 2 aliphatic heterocycles. The van der Waals surface area contributed by atoms with Gasteiger partial charge in [-0.3, -0.25) is 19.7 Å². The number of aliphatic carboxylic acids is 2. The van der Waals surface area contributed by atoms with Crippen molar-refractivity contribution in [2.24, 2.45) is 0 Å². The predicted molar refractivity (Wildman–Crippen MR) is 176 cm³/mol. The van der Waals surface area contributed by atoms with Gasteiger partial charge in [0.1, 0.15) is 6.10 Å². The zero-order valence-electron chi connectivity index (χ0n) is 26.0. The first-order valence-corrected chi connectivity index (χ1v) is 14.8. The van der Waals surface area contributed by atoms with Crippen molar-refractivity contribution in [2.45, 2.75) is 59.5 Å². The third kappa shape index (κ3) is 6.11. The fourth-order valence-electron chi connectivity index (χ4n) is 6.17. The van der Waals surface area contributed by atoms with Gasteiger partial charge >= 0.3 is 11.9 Å². The minimum absolute atomic E-state index is 0.0946. The maximum absolute atomic E-state index is 11.6. The first-order valence-electron chi connectivity index (χ1n) is 14.8. The number of nitrogens with one attached hydrogen (secondary N) is 2. The van der Waals surface area contributed by atoms with Crippen LogP contribution < -0.4 is 0 Å². The summed E-state index contributed by atoms with van der Waals surface area (Å²) in [6.45, 7) is 10.7. The number of aliphatic hydroxyl groups excluding tert-OH is 1. The number of carbonyl (C=O) groups is 2. The Morgan fingerprint density at radius 2 is 1.33 bits per heavy atom. The number of hydrogen-bond acceptors (Lipinski definition) is 7. The molecule has 46 heavy (non-hydrogen) atoms. The minimum atomic E-state index is -1.39. The van der Waals surface area contributed by atoms with E-state index in [0.717, 1.165) is 33.4 Å². The lowest BCUT2D eigenvalue weighted by atomic mass is 9.98. The van der Waals surface area contributed by atoms with Gasteiger partial charge in [-0.25, -0.2) is 9.97 Å². The SMILES string of the molecule is C=Cc1c(C)c2cc3[nH]c(cc4nc(cc5nc(cc1[nH]2)C(C)=C5CCC(=O)O)C(CCC(=O)O)=C4C)c(C)c3C(O)C[N+](=O)[O-]. The van der Waals surface area contributed by atoms with Gasteiger partial charge in [-0.1, -0.05) is 12.7 Å². The van der Waals surface area contributed by atoms with E-state index < -0.39 is 29.5 Å². The second kappa shape index (κ2) is 12.6. The van der Waals surface area contributed by atoms with Crippen molar-refractivity contribution in [3.63, 3.8) is 0 Å². The number of carboxylic acid groups (broad SMARTS) is 2. The molecular weight excluding hydrogens is 590 g/mol. The monoisotopic (exact) mass is 625 g/mol. The number of aromatic amines is 2. The van der Waals surface area contributed by atoms with Gasteiger partial charge in [0.25, 0.3) is 0 Å². The Bertz CT molecular complexity index is 2050. The third-order valence-electron chi connectivity index (χ3n) is 8.67. The number of aromatic nitrogens is 4. The molecule has 0 amide bonds. The van der Waals surface area contributed by atoms with Gasteiger partial charge in [0.2, 0.25) is 6.54 Å². The van der Waals surface area contributed by atoms with Crippen LogP contribution in [0, 0.1) is 24.0 Å². The van der Waals surface area contributed by atoms with E-state index in [9.17, 15) is 35.0 Å². The zero-order valence-corrected chi connectivity index (χ0v) is 26.0. The van der Waals surface area contributed by atoms with Gasteiger partial charge in [0, 0.05) is 51.0 Å². The Morgan fingerprint density at radius 1 is 0.826 bits per heavy atom. The van der Waals surface area contributed by atoms with Gasteiger partial charge in [-0.15, -0.1) is 0 Å². The van der Waals surface area contributed by atoms with Gasteiger partial charge in [0.05, 0.1) is 22.8 Å². The molecule has 1 unspecified atom stereocenters. The Kier molecular flexibility index (Phi) is 8.75. The Hall–Kier alpha value is -5.36. The second-order valence-electron chi connectivity index (χ2n) is 11.6. The maximum Gasteiger partial charge on any atom is 0.303 e. The van der Waals surface area contributed by atoms with Crippen molar-refractivity contribution in [3.8, 4) is 0 Å². The maximum atomic E-state index is 11.6. The number of nitrogens with zero attached hydrogens (tertiary/aromatic N) is 3. The smallest absolute Gasteiger partial charge is 0.303 e. The molecular formula is C34H35N5O7. The van der Waals surface area contributed by atoms with Crippen LogP contribution in [0.4, 0.5) is 0 Å². The van der Waals surface area contributed by atoms with Gasteiger partial charge in [-0.2, -0.15) is 0 Å². The number of allylic oxidation sites excluding steroid dienone is 4. The molecule has 3 aromatic rings. The molecule has 0 aromatic carbocycles. The van der Waals surface area contributed by atoms with Crippen LogP contribution in [0.25, 0.3) is 50.4 Å². The quantitative estimate of drug-likeness (QED) is 0.124. The molecule has 0 radical (unpaired) electrons. The first kappa shape index (κ1) is 32.0. The average molecular weight is 626 g/mol. The second-order valence-corrected chi connectivity index (χ2v) is 11.6. The first-order chi connectivity index (χ1) is 21.8. The standard InChI is InChI=1S/C34H35N5O7/c1-6-20-16(2)25-13-30-34(31(40)15-39(45)46)19(5)26(38-30)11-23-17(3)21(7-9-32(41)42)28(36-23)14-29-22(8-10-33(43)44)18(4)24(37-29)12-27(20)35-25/h6,11-14,31,35,38,40H,1,7-10,15H2,2-5H3,(H,41,42)(H,43,44). The summed E-state index contributed by atoms with van der Waals surface area (Å²) in [4.78, 5) is 50.5. The van der Waals surface area contributed by atoms with Crippen LogP contribution in [0.2, 0.25) is 0 Å². The summed E-state index contributed by atoms with van der Waals surface area (Å²) in [5, 5.41) is 41.3. The van der Waals surface area contributed by atoms with Crippen molar-refractivity contribution < 1.29 is 29.8 Å². The number of aryl methyl sites for hydroxylation is 2. The number of fused-ring (bicyclic) bond motifs is 8. The van der Waals surface area contributed by atoms with E-state index in [4.69, 9.17) is 9.97 Å². The summed E-state index contributed by atoms with van der Waals surface area (Å²) in [5.41, 5.74) is 10.4. The highest BCUT2D eigenvalue weighted by molar-refractivity contribution is 5.96. The summed E-state index contributed by atoms with van der Waals surface area (Å²) in [7, 11) is 0. The molecule has 8 bridgehead atoms. The molecule has 12 nitrogen and oxygen atoms in total. The van der Waals surface area contributed by atoms with Crippen molar-refractivity contribution in [1.29, 1.82) is 0 Å². The van der Waals surface area contributed by atoms with Crippen LogP contribution in [-0.2, 0) is 9.59 Å². The van der Waals surface area contributed by atoms with Crippen LogP contribution in [0.15, 0.2) is 30.8 Å². The fraction of sp³-hybridized carbons (Fsp3) is 0.294. The molecule has 0 fully saturated rings. The highest BCUT2D eigenvalue weighted by Gasteiger charge is 2.24. The predicted octanol–water partition coefficient (Wildman–Crippen LogP) is 6.48. The number of nitro groups is 1. The Morgan fingerprint density at radius 3 is 1.83 bits per heavy atom. The van der Waals surface area contributed by atoms with Crippen LogP contribution in [-0.4, -0.2) is 58.7 Å². The Labute approximate surface area is 264 Å². The molecule has 0 spiro atoms. The van der Waals surface area contributed by atoms with E-state index >= 15 is 0 Å². The zero-order chi connectivity index (χ0) is 33.4. The number of carboxylic acids is 2. The van der Waals surface area contributed by atoms with E-state index in [1.807, 2.05) is 26.8 Å². The van der Waals surface area contributed by atoms with Crippen LogP contribution in [0.5, 0.6) is 0 Å². The van der Waals surface area contributed by atoms with Gasteiger partial charge in [-0.05, 0) is 98.2 Å². The average Bonchev–Trinajstić information content (AvgIpc) is 3.63. The number of hydrogen-bond donors (Lipinski definition) is 5. The highest BCUT2D eigenvalue weighted by Crippen LogP contribution is 2.38. The number of rotatable bonds is 10. The summed E-state index contributed by atoms with van der Waals surface area (Å²) in [6.07, 6.45) is 0.565. The highest BCUT2D eigenvalue weighted by atomic mass is 16.6. The summed E-state index contributed by atoms with van der Waals surface area (Å²) >= 11 is 0. The molecule has 1 atom stereocenters. The molecule has 5 N–H and O–H groups in total.